The number of aromatic nitrogens is 2. The molecule has 0 saturated carbocycles. The monoisotopic (exact) mass is 533 g/mol. The number of ether oxygens (including phenoxy) is 1. The number of rotatable bonds is 5. The van der Waals surface area contributed by atoms with Gasteiger partial charge in [0.2, 0.25) is 15.7 Å². The molecule has 0 fully saturated rings. The molecule has 0 aliphatic rings. The number of nitriles is 1. The van der Waals surface area contributed by atoms with Crippen molar-refractivity contribution in [2.45, 2.75) is 38.0 Å². The molecule has 0 aliphatic heterocycles. The molecular weight excluding hydrogens is 510 g/mol. The van der Waals surface area contributed by atoms with Crippen LogP contribution in [0.4, 0.5) is 0 Å². The van der Waals surface area contributed by atoms with E-state index in [-0.39, 0.29) is 21.8 Å². The first-order valence-corrected chi connectivity index (χ1v) is 13.2. The van der Waals surface area contributed by atoms with Gasteiger partial charge in [0, 0.05) is 11.2 Å². The van der Waals surface area contributed by atoms with Crippen LogP contribution in [-0.4, -0.2) is 17.8 Å². The number of allylic oxidation sites excluding steroid dienone is 1. The Balaban J connectivity index is 1.91. The first-order valence-electron chi connectivity index (χ1n) is 11.3. The molecule has 0 saturated heterocycles. The SMILES string of the molecule is Cc1cccn2c(=O)c(/C=C(\C#N)S(=O)(=O)c3ccc(Cl)cc3)c(Oc3ccc(C(C)(C)C)cc3)nc12. The van der Waals surface area contributed by atoms with Gasteiger partial charge in [0.05, 0.1) is 4.90 Å². The lowest BCUT2D eigenvalue weighted by Crippen LogP contribution is -2.20. The fraction of sp³-hybridized carbons (Fsp3) is 0.179. The third kappa shape index (κ3) is 5.29. The fourth-order valence-electron chi connectivity index (χ4n) is 3.67. The van der Waals surface area contributed by atoms with E-state index >= 15 is 0 Å². The number of aryl methyl sites for hydroxylation is 1. The highest BCUT2D eigenvalue weighted by Crippen LogP contribution is 2.30. The van der Waals surface area contributed by atoms with E-state index in [9.17, 15) is 18.5 Å². The molecule has 0 unspecified atom stereocenters. The highest BCUT2D eigenvalue weighted by Gasteiger charge is 2.24. The summed E-state index contributed by atoms with van der Waals surface area (Å²) in [5, 5.41) is 10.1. The largest absolute Gasteiger partial charge is 0.438 e. The van der Waals surface area contributed by atoms with Gasteiger partial charge in [-0.2, -0.15) is 10.2 Å². The molecule has 4 aromatic rings. The highest BCUT2D eigenvalue weighted by molar-refractivity contribution is 7.95. The van der Waals surface area contributed by atoms with Crippen molar-refractivity contribution in [1.82, 2.24) is 9.38 Å². The van der Waals surface area contributed by atoms with Crippen LogP contribution >= 0.6 is 11.6 Å². The summed E-state index contributed by atoms with van der Waals surface area (Å²) in [5.41, 5.74) is 1.35. The van der Waals surface area contributed by atoms with E-state index in [0.717, 1.165) is 17.2 Å². The Hall–Kier alpha value is -3.93. The van der Waals surface area contributed by atoms with Gasteiger partial charge in [0.25, 0.3) is 5.56 Å². The second-order valence-electron chi connectivity index (χ2n) is 9.47. The van der Waals surface area contributed by atoms with E-state index in [1.165, 1.54) is 34.9 Å². The maximum absolute atomic E-state index is 13.5. The molecule has 7 nitrogen and oxygen atoms in total. The first-order chi connectivity index (χ1) is 17.4. The highest BCUT2D eigenvalue weighted by atomic mass is 35.5. The molecule has 4 rings (SSSR count). The van der Waals surface area contributed by atoms with Gasteiger partial charge in [-0.05, 0) is 72.0 Å². The summed E-state index contributed by atoms with van der Waals surface area (Å²) in [4.78, 5) is 17.3. The number of fused-ring (bicyclic) bond motifs is 1. The molecule has 2 aromatic heterocycles. The quantitative estimate of drug-likeness (QED) is 0.288. The summed E-state index contributed by atoms with van der Waals surface area (Å²) in [6, 6.07) is 17.9. The smallest absolute Gasteiger partial charge is 0.269 e. The van der Waals surface area contributed by atoms with E-state index in [1.807, 2.05) is 12.1 Å². The third-order valence-electron chi connectivity index (χ3n) is 5.78. The minimum absolute atomic E-state index is 0.0682. The lowest BCUT2D eigenvalue weighted by atomic mass is 9.87. The first kappa shape index (κ1) is 26.1. The van der Waals surface area contributed by atoms with Crippen molar-refractivity contribution in [2.75, 3.05) is 0 Å². The molecule has 0 N–H and O–H groups in total. The molecule has 0 radical (unpaired) electrons. The number of pyridine rings is 1. The maximum Gasteiger partial charge on any atom is 0.269 e. The zero-order chi connectivity index (χ0) is 27.0. The van der Waals surface area contributed by atoms with Gasteiger partial charge in [-0.3, -0.25) is 9.20 Å². The molecule has 0 bridgehead atoms. The topological polar surface area (TPSA) is 102 Å². The van der Waals surface area contributed by atoms with Crippen molar-refractivity contribution < 1.29 is 13.2 Å². The Kier molecular flexibility index (Phi) is 6.96. The average molecular weight is 534 g/mol. The number of hydrogen-bond acceptors (Lipinski definition) is 6. The second-order valence-corrected chi connectivity index (χ2v) is 11.8. The summed E-state index contributed by atoms with van der Waals surface area (Å²) in [6.07, 6.45) is 2.53. The van der Waals surface area contributed by atoms with Crippen LogP contribution in [-0.2, 0) is 15.3 Å². The summed E-state index contributed by atoms with van der Waals surface area (Å²) in [6.45, 7) is 8.06. The summed E-state index contributed by atoms with van der Waals surface area (Å²) in [5.74, 6) is 0.299. The molecular formula is C28H24ClN3O4S. The van der Waals surface area contributed by atoms with Crippen LogP contribution < -0.4 is 10.3 Å². The van der Waals surface area contributed by atoms with Crippen molar-refractivity contribution in [3.05, 3.63) is 104 Å². The molecule has 0 spiro atoms. The molecule has 2 aromatic carbocycles. The van der Waals surface area contributed by atoms with Crippen molar-refractivity contribution >= 4 is 33.2 Å². The molecule has 0 amide bonds. The minimum Gasteiger partial charge on any atom is -0.438 e. The number of nitrogens with zero attached hydrogens (tertiary/aromatic N) is 3. The lowest BCUT2D eigenvalue weighted by molar-refractivity contribution is 0.460. The standard InChI is InChI=1S/C28H24ClN3O4S/c1-18-6-5-15-32-25(18)31-26(36-21-11-7-19(8-12-21)28(2,3)4)24(27(32)33)16-23(17-30)37(34,35)22-13-9-20(29)10-14-22/h5-16H,1-4H3/b23-16+. The van der Waals surface area contributed by atoms with Crippen molar-refractivity contribution in [3.8, 4) is 17.7 Å². The second kappa shape index (κ2) is 9.85. The van der Waals surface area contributed by atoms with Gasteiger partial charge in [0.15, 0.2) is 0 Å². The van der Waals surface area contributed by atoms with Crippen LogP contribution in [0, 0.1) is 18.3 Å². The van der Waals surface area contributed by atoms with E-state index < -0.39 is 20.3 Å². The predicted molar refractivity (Wildman–Crippen MR) is 144 cm³/mol. The van der Waals surface area contributed by atoms with Crippen LogP contribution in [0.2, 0.25) is 5.02 Å². The molecule has 188 valence electrons. The normalized spacial score (nSPS) is 12.4. The van der Waals surface area contributed by atoms with Crippen molar-refractivity contribution in [1.29, 1.82) is 5.26 Å². The van der Waals surface area contributed by atoms with Crippen LogP contribution in [0.1, 0.15) is 37.5 Å². The average Bonchev–Trinajstić information content (AvgIpc) is 2.84. The molecule has 37 heavy (non-hydrogen) atoms. The molecule has 9 heteroatoms. The number of halogens is 1. The molecule has 0 aliphatic carbocycles. The molecule has 2 heterocycles. The fourth-order valence-corrected chi connectivity index (χ4v) is 4.94. The predicted octanol–water partition coefficient (Wildman–Crippen LogP) is 6.08. The molecule has 0 atom stereocenters. The maximum atomic E-state index is 13.5. The number of hydrogen-bond donors (Lipinski definition) is 0. The Bertz CT molecular complexity index is 1730. The van der Waals surface area contributed by atoms with Crippen LogP contribution in [0.25, 0.3) is 11.7 Å². The minimum atomic E-state index is -4.25. The van der Waals surface area contributed by atoms with Crippen LogP contribution in [0.15, 0.2) is 81.5 Å². The van der Waals surface area contributed by atoms with Crippen molar-refractivity contribution in [2.24, 2.45) is 0 Å². The van der Waals surface area contributed by atoms with E-state index in [0.29, 0.717) is 16.4 Å². The van der Waals surface area contributed by atoms with E-state index in [4.69, 9.17) is 16.3 Å². The Labute approximate surface area is 220 Å². The Morgan fingerprint density at radius 2 is 1.73 bits per heavy atom. The van der Waals surface area contributed by atoms with Crippen LogP contribution in [0.3, 0.4) is 0 Å². The van der Waals surface area contributed by atoms with E-state index in [2.05, 4.69) is 25.8 Å². The van der Waals surface area contributed by atoms with Gasteiger partial charge in [-0.15, -0.1) is 0 Å². The van der Waals surface area contributed by atoms with Gasteiger partial charge < -0.3 is 4.74 Å². The van der Waals surface area contributed by atoms with Gasteiger partial charge in [0.1, 0.15) is 27.9 Å². The van der Waals surface area contributed by atoms with Crippen LogP contribution in [0.5, 0.6) is 11.6 Å². The van der Waals surface area contributed by atoms with Gasteiger partial charge in [-0.25, -0.2) is 8.42 Å². The summed E-state index contributed by atoms with van der Waals surface area (Å²) in [7, 11) is -4.25. The number of sulfone groups is 1. The third-order valence-corrected chi connectivity index (χ3v) is 7.72. The Morgan fingerprint density at radius 3 is 2.32 bits per heavy atom. The summed E-state index contributed by atoms with van der Waals surface area (Å²) >= 11 is 5.88. The lowest BCUT2D eigenvalue weighted by Gasteiger charge is -2.19. The Morgan fingerprint density at radius 1 is 1.08 bits per heavy atom. The zero-order valence-electron chi connectivity index (χ0n) is 20.7. The summed E-state index contributed by atoms with van der Waals surface area (Å²) < 4.78 is 33.7. The van der Waals surface area contributed by atoms with Crippen molar-refractivity contribution in [3.63, 3.8) is 0 Å². The zero-order valence-corrected chi connectivity index (χ0v) is 22.3. The van der Waals surface area contributed by atoms with E-state index in [1.54, 1.807) is 37.3 Å². The van der Waals surface area contributed by atoms with Gasteiger partial charge in [-0.1, -0.05) is 50.6 Å². The number of benzene rings is 2. The van der Waals surface area contributed by atoms with Gasteiger partial charge >= 0.3 is 0 Å².